The van der Waals surface area contributed by atoms with E-state index >= 15 is 0 Å². The Kier molecular flexibility index (Phi) is 15.9. The van der Waals surface area contributed by atoms with E-state index in [1.807, 2.05) is 0 Å². The first-order chi connectivity index (χ1) is 14.6. The molecule has 0 amide bonds. The average Bonchev–Trinajstić information content (AvgIpc) is 2.73. The molecule has 174 valence electrons. The fraction of sp³-hybridized carbons (Fsp3) is 0.769. The van der Waals surface area contributed by atoms with Crippen molar-refractivity contribution in [3.63, 3.8) is 0 Å². The minimum Gasteiger partial charge on any atom is -0.399 e. The van der Waals surface area contributed by atoms with Gasteiger partial charge in [0.1, 0.15) is 0 Å². The summed E-state index contributed by atoms with van der Waals surface area (Å²) >= 11 is 0. The monoisotopic (exact) mass is 437 g/mol. The minimum atomic E-state index is -3.15. The number of unbranched alkanes of at least 4 members (excludes halogenated alkanes) is 17. The quantitative estimate of drug-likeness (QED) is 0.166. The maximum absolute atomic E-state index is 12.3. The van der Waals surface area contributed by atoms with Crippen LogP contribution in [0.4, 0.5) is 5.69 Å². The first kappa shape index (κ1) is 27.0. The van der Waals surface area contributed by atoms with Gasteiger partial charge < -0.3 is 5.73 Å². The van der Waals surface area contributed by atoms with Crippen LogP contribution in [0.15, 0.2) is 29.2 Å². The van der Waals surface area contributed by atoms with E-state index in [2.05, 4.69) is 6.92 Å². The van der Waals surface area contributed by atoms with E-state index in [0.29, 0.717) is 10.6 Å². The smallest absolute Gasteiger partial charge is 0.178 e. The van der Waals surface area contributed by atoms with Crippen LogP contribution >= 0.6 is 0 Å². The van der Waals surface area contributed by atoms with Crippen LogP contribution in [0.2, 0.25) is 0 Å². The molecule has 0 aliphatic heterocycles. The zero-order valence-electron chi connectivity index (χ0n) is 19.5. The summed E-state index contributed by atoms with van der Waals surface area (Å²) in [5, 5.41) is 0. The Balaban J connectivity index is 1.84. The molecule has 1 aromatic carbocycles. The van der Waals surface area contributed by atoms with Crippen LogP contribution in [0, 0.1) is 0 Å². The van der Waals surface area contributed by atoms with Crippen molar-refractivity contribution >= 4 is 15.5 Å². The number of rotatable bonds is 20. The third-order valence-corrected chi connectivity index (χ3v) is 7.82. The minimum absolute atomic E-state index is 0.246. The van der Waals surface area contributed by atoms with Crippen molar-refractivity contribution in [3.05, 3.63) is 24.3 Å². The molecule has 0 heterocycles. The van der Waals surface area contributed by atoms with Gasteiger partial charge in [-0.15, -0.1) is 0 Å². The number of sulfone groups is 1. The van der Waals surface area contributed by atoms with E-state index in [9.17, 15) is 8.42 Å². The fourth-order valence-corrected chi connectivity index (χ4v) is 5.36. The maximum atomic E-state index is 12.3. The number of hydrogen-bond donors (Lipinski definition) is 1. The summed E-state index contributed by atoms with van der Waals surface area (Å²) < 4.78 is 24.5. The number of anilines is 1. The highest BCUT2D eigenvalue weighted by Gasteiger charge is 2.13. The summed E-state index contributed by atoms with van der Waals surface area (Å²) in [5.41, 5.74) is 6.22. The largest absolute Gasteiger partial charge is 0.399 e. The van der Waals surface area contributed by atoms with Gasteiger partial charge in [0.2, 0.25) is 0 Å². The van der Waals surface area contributed by atoms with Crippen LogP contribution in [0.3, 0.4) is 0 Å². The Morgan fingerprint density at radius 2 is 0.900 bits per heavy atom. The Labute approximate surface area is 187 Å². The molecule has 30 heavy (non-hydrogen) atoms. The van der Waals surface area contributed by atoms with Gasteiger partial charge in [0.25, 0.3) is 0 Å². The number of benzene rings is 1. The molecule has 0 saturated heterocycles. The summed E-state index contributed by atoms with van der Waals surface area (Å²) in [6, 6.07) is 6.53. The maximum Gasteiger partial charge on any atom is 0.178 e. The standard InChI is InChI=1S/C26H47NO2S/c1-2-3-4-5-6-7-8-9-10-11-12-13-14-15-16-17-18-19-24-30(28,29)26-22-20-25(27)21-23-26/h20-23H,2-19,24,27H2,1H3. The zero-order valence-corrected chi connectivity index (χ0v) is 20.4. The summed E-state index contributed by atoms with van der Waals surface area (Å²) in [7, 11) is -3.15. The highest BCUT2D eigenvalue weighted by Crippen LogP contribution is 2.17. The van der Waals surface area contributed by atoms with Gasteiger partial charge in [-0.05, 0) is 30.7 Å². The van der Waals surface area contributed by atoms with Gasteiger partial charge >= 0.3 is 0 Å². The van der Waals surface area contributed by atoms with Crippen molar-refractivity contribution in [2.24, 2.45) is 0 Å². The van der Waals surface area contributed by atoms with Crippen LogP contribution < -0.4 is 5.73 Å². The van der Waals surface area contributed by atoms with Crippen molar-refractivity contribution in [1.82, 2.24) is 0 Å². The van der Waals surface area contributed by atoms with Gasteiger partial charge in [-0.2, -0.15) is 0 Å². The molecule has 0 bridgehead atoms. The predicted molar refractivity (Wildman–Crippen MR) is 132 cm³/mol. The molecule has 0 aliphatic rings. The van der Waals surface area contributed by atoms with E-state index in [1.165, 1.54) is 96.3 Å². The lowest BCUT2D eigenvalue weighted by Gasteiger charge is -2.05. The van der Waals surface area contributed by atoms with Gasteiger partial charge in [0.05, 0.1) is 10.6 Å². The predicted octanol–water partition coefficient (Wildman–Crippen LogP) is 8.08. The summed E-state index contributed by atoms with van der Waals surface area (Å²) in [4.78, 5) is 0.392. The molecule has 3 nitrogen and oxygen atoms in total. The number of nitrogen functional groups attached to an aromatic ring is 1. The molecule has 4 heteroatoms. The van der Waals surface area contributed by atoms with Crippen LogP contribution in [0.1, 0.15) is 122 Å². The molecule has 0 fully saturated rings. The molecule has 0 aromatic heterocycles. The molecular formula is C26H47NO2S. The van der Waals surface area contributed by atoms with E-state index < -0.39 is 9.84 Å². The SMILES string of the molecule is CCCCCCCCCCCCCCCCCCCCS(=O)(=O)c1ccc(N)cc1. The third kappa shape index (κ3) is 14.1. The summed E-state index contributed by atoms with van der Waals surface area (Å²) in [6.45, 7) is 2.28. The zero-order chi connectivity index (χ0) is 21.9. The number of hydrogen-bond acceptors (Lipinski definition) is 3. The molecule has 0 aliphatic carbocycles. The van der Waals surface area contributed by atoms with Crippen LogP contribution in [0.25, 0.3) is 0 Å². The molecule has 0 radical (unpaired) electrons. The van der Waals surface area contributed by atoms with Gasteiger partial charge in [-0.1, -0.05) is 116 Å². The lowest BCUT2D eigenvalue weighted by atomic mass is 10.0. The second-order valence-electron chi connectivity index (χ2n) is 8.90. The highest BCUT2D eigenvalue weighted by molar-refractivity contribution is 7.91. The lowest BCUT2D eigenvalue weighted by molar-refractivity contribution is 0.526. The molecule has 0 atom stereocenters. The second kappa shape index (κ2) is 17.6. The van der Waals surface area contributed by atoms with Crippen LogP contribution in [-0.2, 0) is 9.84 Å². The third-order valence-electron chi connectivity index (χ3n) is 6.01. The van der Waals surface area contributed by atoms with Crippen LogP contribution in [-0.4, -0.2) is 14.2 Å². The van der Waals surface area contributed by atoms with Gasteiger partial charge in [0, 0.05) is 5.69 Å². The average molecular weight is 438 g/mol. The van der Waals surface area contributed by atoms with Crippen molar-refractivity contribution in [2.45, 2.75) is 127 Å². The van der Waals surface area contributed by atoms with Crippen molar-refractivity contribution in [1.29, 1.82) is 0 Å². The molecule has 0 saturated carbocycles. The Morgan fingerprint density at radius 1 is 0.567 bits per heavy atom. The van der Waals surface area contributed by atoms with Crippen molar-refractivity contribution < 1.29 is 8.42 Å². The first-order valence-corrected chi connectivity index (χ1v) is 14.3. The summed E-state index contributed by atoms with van der Waals surface area (Å²) in [6.07, 6.45) is 23.7. The Bertz CT molecular complexity index is 610. The molecule has 1 aromatic rings. The molecule has 1 rings (SSSR count). The number of nitrogens with two attached hydrogens (primary N) is 1. The summed E-state index contributed by atoms with van der Waals surface area (Å²) in [5.74, 6) is 0.246. The van der Waals surface area contributed by atoms with Gasteiger partial charge in [0.15, 0.2) is 9.84 Å². The molecule has 0 unspecified atom stereocenters. The van der Waals surface area contributed by atoms with Gasteiger partial charge in [-0.25, -0.2) is 8.42 Å². The first-order valence-electron chi connectivity index (χ1n) is 12.6. The Hall–Kier alpha value is -1.03. The lowest BCUT2D eigenvalue weighted by Crippen LogP contribution is -2.06. The fourth-order valence-electron chi connectivity index (χ4n) is 3.99. The molecule has 2 N–H and O–H groups in total. The van der Waals surface area contributed by atoms with Crippen LogP contribution in [0.5, 0.6) is 0 Å². The van der Waals surface area contributed by atoms with E-state index in [4.69, 9.17) is 5.73 Å². The van der Waals surface area contributed by atoms with E-state index in [-0.39, 0.29) is 5.75 Å². The normalized spacial score (nSPS) is 11.8. The highest BCUT2D eigenvalue weighted by atomic mass is 32.2. The van der Waals surface area contributed by atoms with E-state index in [1.54, 1.807) is 24.3 Å². The van der Waals surface area contributed by atoms with E-state index in [0.717, 1.165) is 19.3 Å². The second-order valence-corrected chi connectivity index (χ2v) is 11.0. The van der Waals surface area contributed by atoms with Crippen molar-refractivity contribution in [2.75, 3.05) is 11.5 Å². The Morgan fingerprint density at radius 3 is 1.27 bits per heavy atom. The molecule has 0 spiro atoms. The van der Waals surface area contributed by atoms with Gasteiger partial charge in [-0.3, -0.25) is 0 Å². The topological polar surface area (TPSA) is 60.2 Å². The molecular weight excluding hydrogens is 390 g/mol. The van der Waals surface area contributed by atoms with Crippen molar-refractivity contribution in [3.8, 4) is 0 Å².